The maximum atomic E-state index is 12.2. The maximum absolute atomic E-state index is 12.2. The number of imide groups is 1. The van der Waals surface area contributed by atoms with E-state index in [0.29, 0.717) is 23.3 Å². The van der Waals surface area contributed by atoms with Crippen LogP contribution in [0.15, 0.2) is 52.2 Å². The first-order valence-corrected chi connectivity index (χ1v) is 9.69. The molecule has 0 saturated heterocycles. The van der Waals surface area contributed by atoms with Crippen molar-refractivity contribution in [1.82, 2.24) is 25.4 Å². The van der Waals surface area contributed by atoms with Crippen LogP contribution in [0, 0.1) is 0 Å². The number of nitrogens with one attached hydrogen (secondary N) is 2. The highest BCUT2D eigenvalue weighted by molar-refractivity contribution is 8.00. The molecule has 3 rings (SSSR count). The number of amides is 3. The van der Waals surface area contributed by atoms with E-state index in [1.165, 1.54) is 18.8 Å². The van der Waals surface area contributed by atoms with Crippen LogP contribution in [-0.2, 0) is 11.3 Å². The third kappa shape index (κ3) is 4.96. The third-order valence-electron chi connectivity index (χ3n) is 4.05. The normalized spacial score (nSPS) is 11.7. The lowest BCUT2D eigenvalue weighted by Gasteiger charge is -2.13. The van der Waals surface area contributed by atoms with Gasteiger partial charge in [-0.2, -0.15) is 0 Å². The van der Waals surface area contributed by atoms with Gasteiger partial charge in [-0.25, -0.2) is 4.79 Å². The first-order valence-electron chi connectivity index (χ1n) is 8.81. The fourth-order valence-corrected chi connectivity index (χ4v) is 3.39. The number of hydrogen-bond acceptors (Lipinski definition) is 7. The van der Waals surface area contributed by atoms with Gasteiger partial charge in [-0.1, -0.05) is 23.9 Å². The van der Waals surface area contributed by atoms with E-state index in [0.717, 1.165) is 11.3 Å². The Morgan fingerprint density at radius 1 is 1.28 bits per heavy atom. The lowest BCUT2D eigenvalue weighted by atomic mass is 10.2. The van der Waals surface area contributed by atoms with Crippen molar-refractivity contribution in [3.63, 3.8) is 0 Å². The van der Waals surface area contributed by atoms with E-state index in [1.54, 1.807) is 26.4 Å². The molecule has 2 N–H and O–H groups in total. The number of urea groups is 1. The monoisotopic (exact) mass is 415 g/mol. The summed E-state index contributed by atoms with van der Waals surface area (Å²) in [5, 5.41) is 13.2. The summed E-state index contributed by atoms with van der Waals surface area (Å²) in [6, 6.07) is 10.6. The molecule has 2 heterocycles. The number of benzene rings is 1. The molecule has 0 radical (unpaired) electrons. The number of hydrogen-bond donors (Lipinski definition) is 2. The van der Waals surface area contributed by atoms with Crippen LogP contribution in [0.1, 0.15) is 12.7 Å². The topological polar surface area (TPSA) is 111 Å². The van der Waals surface area contributed by atoms with E-state index in [1.807, 2.05) is 34.9 Å². The van der Waals surface area contributed by atoms with Crippen LogP contribution >= 0.6 is 11.8 Å². The zero-order valence-corrected chi connectivity index (χ0v) is 17.0. The number of carbonyl (C=O) groups excluding carboxylic acids is 2. The standard InChI is InChI=1S/C19H21N5O4S/c1-12(17(25)21-18(26)20-2)29-19-23-22-16(13-6-4-7-14(10-13)27-3)24(19)11-15-8-5-9-28-15/h4-10,12H,11H2,1-3H3,(H2,20,21,25,26)/t12-/m0/s1. The minimum atomic E-state index is -0.565. The summed E-state index contributed by atoms with van der Waals surface area (Å²) >= 11 is 1.20. The summed E-state index contributed by atoms with van der Waals surface area (Å²) in [4.78, 5) is 23.6. The Morgan fingerprint density at radius 3 is 2.79 bits per heavy atom. The van der Waals surface area contributed by atoms with Gasteiger partial charge in [0, 0.05) is 12.6 Å². The summed E-state index contributed by atoms with van der Waals surface area (Å²) in [7, 11) is 3.04. The lowest BCUT2D eigenvalue weighted by molar-refractivity contribution is -0.119. The van der Waals surface area contributed by atoms with E-state index in [2.05, 4.69) is 20.8 Å². The summed E-state index contributed by atoms with van der Waals surface area (Å²) in [5.41, 5.74) is 0.817. The number of aromatic nitrogens is 3. The van der Waals surface area contributed by atoms with Crippen LogP contribution in [0.5, 0.6) is 5.75 Å². The quantitative estimate of drug-likeness (QED) is 0.570. The zero-order valence-electron chi connectivity index (χ0n) is 16.2. The molecule has 29 heavy (non-hydrogen) atoms. The van der Waals surface area contributed by atoms with Gasteiger partial charge in [-0.3, -0.25) is 14.7 Å². The predicted molar refractivity (Wildman–Crippen MR) is 108 cm³/mol. The molecular weight excluding hydrogens is 394 g/mol. The molecule has 0 unspecified atom stereocenters. The van der Waals surface area contributed by atoms with Gasteiger partial charge in [0.25, 0.3) is 0 Å². The third-order valence-corrected chi connectivity index (χ3v) is 5.13. The molecule has 2 aromatic heterocycles. The Morgan fingerprint density at radius 2 is 2.10 bits per heavy atom. The van der Waals surface area contributed by atoms with Gasteiger partial charge in [-0.15, -0.1) is 10.2 Å². The molecule has 0 bridgehead atoms. The van der Waals surface area contributed by atoms with Gasteiger partial charge in [0.2, 0.25) is 5.91 Å². The largest absolute Gasteiger partial charge is 0.497 e. The van der Waals surface area contributed by atoms with Crippen molar-refractivity contribution in [1.29, 1.82) is 0 Å². The summed E-state index contributed by atoms with van der Waals surface area (Å²) in [5.74, 6) is 1.60. The van der Waals surface area contributed by atoms with E-state index in [9.17, 15) is 9.59 Å². The van der Waals surface area contributed by atoms with Crippen molar-refractivity contribution >= 4 is 23.7 Å². The van der Waals surface area contributed by atoms with Crippen LogP contribution < -0.4 is 15.4 Å². The van der Waals surface area contributed by atoms with Crippen molar-refractivity contribution in [2.24, 2.45) is 0 Å². The molecule has 0 aliphatic rings. The molecule has 0 aliphatic carbocycles. The average Bonchev–Trinajstić information content (AvgIpc) is 3.38. The van der Waals surface area contributed by atoms with Crippen LogP contribution in [0.2, 0.25) is 0 Å². The molecule has 10 heteroatoms. The van der Waals surface area contributed by atoms with Gasteiger partial charge in [0.1, 0.15) is 11.5 Å². The number of nitrogens with zero attached hydrogens (tertiary/aromatic N) is 3. The van der Waals surface area contributed by atoms with Crippen LogP contribution in [0.3, 0.4) is 0 Å². The molecule has 0 aliphatic heterocycles. The van der Waals surface area contributed by atoms with Gasteiger partial charge in [0.05, 0.1) is 25.2 Å². The molecule has 0 fully saturated rings. The number of methoxy groups -OCH3 is 1. The zero-order chi connectivity index (χ0) is 20.8. The molecule has 3 aromatic rings. The SMILES string of the molecule is CNC(=O)NC(=O)[C@H](C)Sc1nnc(-c2cccc(OC)c2)n1Cc1ccco1. The van der Waals surface area contributed by atoms with Crippen LogP contribution in [0.25, 0.3) is 11.4 Å². The first kappa shape index (κ1) is 20.5. The van der Waals surface area contributed by atoms with Gasteiger partial charge >= 0.3 is 6.03 Å². The molecule has 1 aromatic carbocycles. The number of rotatable bonds is 7. The molecule has 1 atom stereocenters. The molecular formula is C19H21N5O4S. The van der Waals surface area contributed by atoms with Crippen molar-refractivity contribution < 1.29 is 18.7 Å². The van der Waals surface area contributed by atoms with Gasteiger partial charge in [0.15, 0.2) is 11.0 Å². The second kappa shape index (κ2) is 9.28. The number of furan rings is 1. The fourth-order valence-electron chi connectivity index (χ4n) is 2.54. The van der Waals surface area contributed by atoms with Gasteiger partial charge in [-0.05, 0) is 31.2 Å². The van der Waals surface area contributed by atoms with Crippen molar-refractivity contribution in [3.8, 4) is 17.1 Å². The number of carbonyl (C=O) groups is 2. The maximum Gasteiger partial charge on any atom is 0.321 e. The van der Waals surface area contributed by atoms with E-state index < -0.39 is 17.2 Å². The molecule has 0 spiro atoms. The molecule has 9 nitrogen and oxygen atoms in total. The van der Waals surface area contributed by atoms with E-state index >= 15 is 0 Å². The summed E-state index contributed by atoms with van der Waals surface area (Å²) in [6.07, 6.45) is 1.59. The number of thioether (sulfide) groups is 1. The second-order valence-corrected chi connectivity index (χ2v) is 7.34. The van der Waals surface area contributed by atoms with Crippen LogP contribution in [-0.4, -0.2) is 46.1 Å². The minimum absolute atomic E-state index is 0.388. The molecule has 0 saturated carbocycles. The average molecular weight is 415 g/mol. The smallest absolute Gasteiger partial charge is 0.321 e. The van der Waals surface area contributed by atoms with E-state index in [-0.39, 0.29) is 0 Å². The Hall–Kier alpha value is -3.27. The number of ether oxygens (including phenoxy) is 1. The lowest BCUT2D eigenvalue weighted by Crippen LogP contribution is -2.41. The first-order chi connectivity index (χ1) is 14.0. The highest BCUT2D eigenvalue weighted by atomic mass is 32.2. The predicted octanol–water partition coefficient (Wildman–Crippen LogP) is 2.53. The summed E-state index contributed by atoms with van der Waals surface area (Å²) < 4.78 is 12.6. The van der Waals surface area contributed by atoms with Crippen molar-refractivity contribution in [2.45, 2.75) is 23.9 Å². The summed E-state index contributed by atoms with van der Waals surface area (Å²) in [6.45, 7) is 2.08. The Kier molecular flexibility index (Phi) is 6.55. The minimum Gasteiger partial charge on any atom is -0.497 e. The molecule has 152 valence electrons. The Bertz CT molecular complexity index is 986. The van der Waals surface area contributed by atoms with Crippen LogP contribution in [0.4, 0.5) is 4.79 Å². The fraction of sp³-hybridized carbons (Fsp3) is 0.263. The van der Waals surface area contributed by atoms with Crippen molar-refractivity contribution in [3.05, 3.63) is 48.4 Å². The van der Waals surface area contributed by atoms with Crippen molar-refractivity contribution in [2.75, 3.05) is 14.2 Å². The van der Waals surface area contributed by atoms with E-state index in [4.69, 9.17) is 9.15 Å². The van der Waals surface area contributed by atoms with Gasteiger partial charge < -0.3 is 14.5 Å². The Balaban J connectivity index is 1.91. The second-order valence-electron chi connectivity index (χ2n) is 6.03. The highest BCUT2D eigenvalue weighted by Crippen LogP contribution is 2.29. The molecule has 3 amide bonds. The highest BCUT2D eigenvalue weighted by Gasteiger charge is 2.22. The Labute approximate surface area is 171 Å².